The number of para-hydroxylation sites is 1. The smallest absolute Gasteiger partial charge is 0.165 e. The van der Waals surface area contributed by atoms with E-state index in [1.165, 1.54) is 12.8 Å². The fourth-order valence-corrected chi connectivity index (χ4v) is 1.91. The molecule has 0 aromatic heterocycles. The Kier molecular flexibility index (Phi) is 5.84. The summed E-state index contributed by atoms with van der Waals surface area (Å²) in [7, 11) is 3.34. The lowest BCUT2D eigenvalue weighted by Gasteiger charge is -2.16. The first-order chi connectivity index (χ1) is 8.22. The van der Waals surface area contributed by atoms with Crippen LogP contribution in [-0.2, 0) is 6.54 Å². The van der Waals surface area contributed by atoms with Crippen molar-refractivity contribution in [3.8, 4) is 11.5 Å². The summed E-state index contributed by atoms with van der Waals surface area (Å²) in [6, 6.07) is 6.49. The molecule has 0 amide bonds. The zero-order chi connectivity index (χ0) is 12.7. The maximum absolute atomic E-state index is 5.39. The molecule has 0 aliphatic heterocycles. The monoisotopic (exact) mass is 237 g/mol. The van der Waals surface area contributed by atoms with Crippen molar-refractivity contribution in [1.29, 1.82) is 0 Å². The molecule has 0 saturated carbocycles. The second kappa shape index (κ2) is 7.17. The Labute approximate surface area is 104 Å². The van der Waals surface area contributed by atoms with E-state index in [4.69, 9.17) is 9.47 Å². The van der Waals surface area contributed by atoms with Crippen LogP contribution in [0.4, 0.5) is 0 Å². The van der Waals surface area contributed by atoms with E-state index in [9.17, 15) is 0 Å². The zero-order valence-electron chi connectivity index (χ0n) is 11.2. The SMILES string of the molecule is CCCC(C)NCc1cccc(OC)c1OC. The number of ether oxygens (including phenoxy) is 2. The maximum atomic E-state index is 5.39. The van der Waals surface area contributed by atoms with Gasteiger partial charge in [0.15, 0.2) is 11.5 Å². The molecule has 1 aromatic rings. The number of hydrogen-bond acceptors (Lipinski definition) is 3. The summed E-state index contributed by atoms with van der Waals surface area (Å²) >= 11 is 0. The van der Waals surface area contributed by atoms with Gasteiger partial charge in [0.05, 0.1) is 14.2 Å². The van der Waals surface area contributed by atoms with Crippen LogP contribution in [0, 0.1) is 0 Å². The van der Waals surface area contributed by atoms with Crippen LogP contribution in [0.25, 0.3) is 0 Å². The Bertz CT molecular complexity index is 339. The van der Waals surface area contributed by atoms with Gasteiger partial charge in [-0.05, 0) is 19.4 Å². The Balaban J connectivity index is 2.70. The van der Waals surface area contributed by atoms with E-state index in [1.807, 2.05) is 12.1 Å². The minimum atomic E-state index is 0.524. The van der Waals surface area contributed by atoms with Crippen LogP contribution in [0.2, 0.25) is 0 Å². The average Bonchev–Trinajstić information content (AvgIpc) is 2.36. The van der Waals surface area contributed by atoms with Crippen molar-refractivity contribution in [2.24, 2.45) is 0 Å². The van der Waals surface area contributed by atoms with Gasteiger partial charge in [0, 0.05) is 18.2 Å². The topological polar surface area (TPSA) is 30.5 Å². The summed E-state index contributed by atoms with van der Waals surface area (Å²) in [4.78, 5) is 0. The molecular weight excluding hydrogens is 214 g/mol. The van der Waals surface area contributed by atoms with Crippen molar-refractivity contribution in [3.63, 3.8) is 0 Å². The summed E-state index contributed by atoms with van der Waals surface area (Å²) in [6.07, 6.45) is 2.38. The first-order valence-electron chi connectivity index (χ1n) is 6.16. The van der Waals surface area contributed by atoms with Crippen LogP contribution in [0.15, 0.2) is 18.2 Å². The van der Waals surface area contributed by atoms with Gasteiger partial charge in [-0.1, -0.05) is 25.5 Å². The molecule has 0 radical (unpaired) electrons. The molecule has 1 atom stereocenters. The molecule has 0 aliphatic rings. The van der Waals surface area contributed by atoms with Gasteiger partial charge >= 0.3 is 0 Å². The maximum Gasteiger partial charge on any atom is 0.165 e. The van der Waals surface area contributed by atoms with Crippen molar-refractivity contribution in [3.05, 3.63) is 23.8 Å². The minimum Gasteiger partial charge on any atom is -0.493 e. The van der Waals surface area contributed by atoms with Gasteiger partial charge < -0.3 is 14.8 Å². The highest BCUT2D eigenvalue weighted by molar-refractivity contribution is 5.46. The van der Waals surface area contributed by atoms with Crippen molar-refractivity contribution in [1.82, 2.24) is 5.32 Å². The van der Waals surface area contributed by atoms with Crippen LogP contribution in [0.5, 0.6) is 11.5 Å². The molecule has 0 aliphatic carbocycles. The standard InChI is InChI=1S/C14H23NO2/c1-5-7-11(2)15-10-12-8-6-9-13(16-3)14(12)17-4/h6,8-9,11,15H,5,7,10H2,1-4H3. The number of hydrogen-bond donors (Lipinski definition) is 1. The second-order valence-electron chi connectivity index (χ2n) is 4.22. The van der Waals surface area contributed by atoms with Crippen LogP contribution in [0.1, 0.15) is 32.3 Å². The van der Waals surface area contributed by atoms with Crippen LogP contribution in [0.3, 0.4) is 0 Å². The third-order valence-corrected chi connectivity index (χ3v) is 2.85. The molecule has 3 heteroatoms. The van der Waals surface area contributed by atoms with Crippen LogP contribution in [-0.4, -0.2) is 20.3 Å². The minimum absolute atomic E-state index is 0.524. The molecule has 1 N–H and O–H groups in total. The molecule has 3 nitrogen and oxygen atoms in total. The molecule has 0 heterocycles. The van der Waals surface area contributed by atoms with Gasteiger partial charge in [0.2, 0.25) is 0 Å². The van der Waals surface area contributed by atoms with Gasteiger partial charge in [-0.25, -0.2) is 0 Å². The summed E-state index contributed by atoms with van der Waals surface area (Å²) in [6.45, 7) is 5.21. The van der Waals surface area contributed by atoms with E-state index in [2.05, 4.69) is 25.2 Å². The average molecular weight is 237 g/mol. The van der Waals surface area contributed by atoms with E-state index in [0.717, 1.165) is 23.6 Å². The van der Waals surface area contributed by atoms with Crippen molar-refractivity contribution in [2.75, 3.05) is 14.2 Å². The largest absolute Gasteiger partial charge is 0.493 e. The summed E-state index contributed by atoms with van der Waals surface area (Å²) in [5, 5.41) is 3.49. The predicted octanol–water partition coefficient (Wildman–Crippen LogP) is 2.98. The Hall–Kier alpha value is -1.22. The lowest BCUT2D eigenvalue weighted by molar-refractivity contribution is 0.349. The molecule has 0 bridgehead atoms. The van der Waals surface area contributed by atoms with E-state index in [0.29, 0.717) is 6.04 Å². The third-order valence-electron chi connectivity index (χ3n) is 2.85. The molecule has 96 valence electrons. The van der Waals surface area contributed by atoms with Gasteiger partial charge in [-0.3, -0.25) is 0 Å². The number of nitrogens with one attached hydrogen (secondary N) is 1. The lowest BCUT2D eigenvalue weighted by atomic mass is 10.1. The summed E-state index contributed by atoms with van der Waals surface area (Å²) < 4.78 is 10.7. The highest BCUT2D eigenvalue weighted by Gasteiger charge is 2.09. The first kappa shape index (κ1) is 13.8. The lowest BCUT2D eigenvalue weighted by Crippen LogP contribution is -2.25. The van der Waals surface area contributed by atoms with E-state index in [1.54, 1.807) is 14.2 Å². The molecule has 1 unspecified atom stereocenters. The van der Waals surface area contributed by atoms with E-state index >= 15 is 0 Å². The van der Waals surface area contributed by atoms with Crippen molar-refractivity contribution < 1.29 is 9.47 Å². The Morgan fingerprint density at radius 1 is 1.24 bits per heavy atom. The normalized spacial score (nSPS) is 12.2. The molecule has 0 spiro atoms. The Morgan fingerprint density at radius 3 is 2.59 bits per heavy atom. The predicted molar refractivity (Wildman–Crippen MR) is 70.8 cm³/mol. The van der Waals surface area contributed by atoms with Gasteiger partial charge in [0.1, 0.15) is 0 Å². The fraction of sp³-hybridized carbons (Fsp3) is 0.571. The molecule has 17 heavy (non-hydrogen) atoms. The van der Waals surface area contributed by atoms with Crippen LogP contribution >= 0.6 is 0 Å². The fourth-order valence-electron chi connectivity index (χ4n) is 1.91. The van der Waals surface area contributed by atoms with Crippen molar-refractivity contribution >= 4 is 0 Å². The highest BCUT2D eigenvalue weighted by Crippen LogP contribution is 2.30. The van der Waals surface area contributed by atoms with E-state index < -0.39 is 0 Å². The molecule has 0 saturated heterocycles. The van der Waals surface area contributed by atoms with Gasteiger partial charge in [-0.15, -0.1) is 0 Å². The zero-order valence-corrected chi connectivity index (χ0v) is 11.2. The summed E-state index contributed by atoms with van der Waals surface area (Å²) in [5.41, 5.74) is 1.13. The molecule has 1 aromatic carbocycles. The van der Waals surface area contributed by atoms with Gasteiger partial charge in [0.25, 0.3) is 0 Å². The quantitative estimate of drug-likeness (QED) is 0.791. The first-order valence-corrected chi connectivity index (χ1v) is 6.16. The number of methoxy groups -OCH3 is 2. The number of benzene rings is 1. The van der Waals surface area contributed by atoms with Crippen molar-refractivity contribution in [2.45, 2.75) is 39.3 Å². The second-order valence-corrected chi connectivity index (χ2v) is 4.22. The molecule has 0 fully saturated rings. The highest BCUT2D eigenvalue weighted by atomic mass is 16.5. The van der Waals surface area contributed by atoms with E-state index in [-0.39, 0.29) is 0 Å². The number of rotatable bonds is 7. The molecular formula is C14H23NO2. The Morgan fingerprint density at radius 2 is 2.00 bits per heavy atom. The van der Waals surface area contributed by atoms with Gasteiger partial charge in [-0.2, -0.15) is 0 Å². The molecule has 1 rings (SSSR count). The third kappa shape index (κ3) is 3.93. The van der Waals surface area contributed by atoms with Crippen LogP contribution < -0.4 is 14.8 Å². The summed E-state index contributed by atoms with van der Waals surface area (Å²) in [5.74, 6) is 1.61.